The van der Waals surface area contributed by atoms with E-state index in [-0.39, 0.29) is 11.5 Å². The zero-order valence-electron chi connectivity index (χ0n) is 9.29. The first kappa shape index (κ1) is 12.3. The number of ether oxygens (including phenoxy) is 1. The molecule has 2 rings (SSSR count). The molecular formula is C12H13ClFNO2. The van der Waals surface area contributed by atoms with Gasteiger partial charge < -0.3 is 9.64 Å². The second-order valence-electron chi connectivity index (χ2n) is 3.88. The van der Waals surface area contributed by atoms with Crippen molar-refractivity contribution in [2.45, 2.75) is 6.42 Å². The van der Waals surface area contributed by atoms with E-state index in [1.807, 2.05) is 0 Å². The van der Waals surface area contributed by atoms with Crippen LogP contribution < -0.4 is 0 Å². The quantitative estimate of drug-likeness (QED) is 0.773. The van der Waals surface area contributed by atoms with Crippen LogP contribution in [0, 0.1) is 5.82 Å². The Labute approximate surface area is 104 Å². The molecular weight excluding hydrogens is 245 g/mol. The Morgan fingerprint density at radius 1 is 1.35 bits per heavy atom. The fourth-order valence-electron chi connectivity index (χ4n) is 1.78. The highest BCUT2D eigenvalue weighted by Gasteiger charge is 2.20. The van der Waals surface area contributed by atoms with Gasteiger partial charge in [-0.15, -0.1) is 0 Å². The van der Waals surface area contributed by atoms with Crippen LogP contribution in [-0.4, -0.2) is 37.1 Å². The average molecular weight is 258 g/mol. The van der Waals surface area contributed by atoms with E-state index in [2.05, 4.69) is 0 Å². The highest BCUT2D eigenvalue weighted by molar-refractivity contribution is 6.30. The van der Waals surface area contributed by atoms with Crippen LogP contribution in [0.4, 0.5) is 4.39 Å². The number of amides is 1. The predicted octanol–water partition coefficient (Wildman–Crippen LogP) is 2.34. The Hall–Kier alpha value is -1.13. The van der Waals surface area contributed by atoms with Gasteiger partial charge in [0, 0.05) is 24.7 Å². The number of hydrogen-bond acceptors (Lipinski definition) is 2. The monoisotopic (exact) mass is 257 g/mol. The van der Waals surface area contributed by atoms with Gasteiger partial charge >= 0.3 is 0 Å². The second kappa shape index (κ2) is 5.47. The van der Waals surface area contributed by atoms with Crippen LogP contribution in [-0.2, 0) is 4.74 Å². The van der Waals surface area contributed by atoms with Crippen LogP contribution in [0.5, 0.6) is 0 Å². The van der Waals surface area contributed by atoms with Gasteiger partial charge in [0.2, 0.25) is 0 Å². The van der Waals surface area contributed by atoms with Gasteiger partial charge in [0.25, 0.3) is 5.91 Å². The molecule has 0 aromatic heterocycles. The molecule has 0 N–H and O–H groups in total. The molecule has 1 aromatic rings. The van der Waals surface area contributed by atoms with Crippen LogP contribution in [0.3, 0.4) is 0 Å². The molecule has 1 aliphatic rings. The van der Waals surface area contributed by atoms with Crippen molar-refractivity contribution in [2.24, 2.45) is 0 Å². The molecule has 1 saturated heterocycles. The third kappa shape index (κ3) is 2.96. The molecule has 0 unspecified atom stereocenters. The molecule has 1 heterocycles. The Balaban J connectivity index is 2.20. The van der Waals surface area contributed by atoms with E-state index < -0.39 is 5.82 Å². The van der Waals surface area contributed by atoms with E-state index >= 15 is 0 Å². The smallest absolute Gasteiger partial charge is 0.256 e. The van der Waals surface area contributed by atoms with Crippen LogP contribution in [0.25, 0.3) is 0 Å². The Bertz CT molecular complexity index is 417. The summed E-state index contributed by atoms with van der Waals surface area (Å²) in [7, 11) is 0. The summed E-state index contributed by atoms with van der Waals surface area (Å²) < 4.78 is 18.8. The summed E-state index contributed by atoms with van der Waals surface area (Å²) in [5.41, 5.74) is 0.0272. The number of nitrogens with zero attached hydrogens (tertiary/aromatic N) is 1. The molecule has 0 radical (unpaired) electrons. The molecule has 17 heavy (non-hydrogen) atoms. The number of rotatable bonds is 1. The van der Waals surface area contributed by atoms with E-state index in [1.165, 1.54) is 18.2 Å². The lowest BCUT2D eigenvalue weighted by atomic mass is 10.2. The van der Waals surface area contributed by atoms with Gasteiger partial charge in [0.1, 0.15) is 5.82 Å². The van der Waals surface area contributed by atoms with Crippen LogP contribution in [0.15, 0.2) is 18.2 Å². The van der Waals surface area contributed by atoms with Gasteiger partial charge in [-0.3, -0.25) is 4.79 Å². The van der Waals surface area contributed by atoms with Crippen molar-refractivity contribution >= 4 is 17.5 Å². The first-order chi connectivity index (χ1) is 8.18. The lowest BCUT2D eigenvalue weighted by Crippen LogP contribution is -2.33. The normalized spacial score (nSPS) is 16.7. The third-order valence-corrected chi connectivity index (χ3v) is 2.90. The molecule has 0 bridgehead atoms. The van der Waals surface area contributed by atoms with Crippen molar-refractivity contribution in [2.75, 3.05) is 26.3 Å². The molecule has 0 saturated carbocycles. The minimum absolute atomic E-state index is 0.0272. The number of carbonyl (C=O) groups is 1. The van der Waals surface area contributed by atoms with Crippen LogP contribution in [0.1, 0.15) is 16.8 Å². The minimum Gasteiger partial charge on any atom is -0.380 e. The number of hydrogen-bond donors (Lipinski definition) is 0. The van der Waals surface area contributed by atoms with E-state index in [9.17, 15) is 9.18 Å². The standard InChI is InChI=1S/C12H13ClFNO2/c13-9-2-3-11(14)10(8-9)12(16)15-4-1-6-17-7-5-15/h2-3,8H,1,4-7H2. The van der Waals surface area contributed by atoms with Crippen molar-refractivity contribution in [3.8, 4) is 0 Å². The maximum Gasteiger partial charge on any atom is 0.256 e. The van der Waals surface area contributed by atoms with Crippen molar-refractivity contribution in [3.63, 3.8) is 0 Å². The summed E-state index contributed by atoms with van der Waals surface area (Å²) in [6.45, 7) is 2.21. The number of halogens is 2. The fourth-order valence-corrected chi connectivity index (χ4v) is 1.95. The summed E-state index contributed by atoms with van der Waals surface area (Å²) >= 11 is 5.77. The fraction of sp³-hybridized carbons (Fsp3) is 0.417. The molecule has 1 amide bonds. The zero-order chi connectivity index (χ0) is 12.3. The highest BCUT2D eigenvalue weighted by Crippen LogP contribution is 2.17. The maximum absolute atomic E-state index is 13.5. The lowest BCUT2D eigenvalue weighted by Gasteiger charge is -2.19. The summed E-state index contributed by atoms with van der Waals surface area (Å²) in [4.78, 5) is 13.7. The summed E-state index contributed by atoms with van der Waals surface area (Å²) in [5.74, 6) is -0.861. The van der Waals surface area contributed by atoms with Crippen LogP contribution in [0.2, 0.25) is 5.02 Å². The van der Waals surface area contributed by atoms with E-state index in [1.54, 1.807) is 4.90 Å². The molecule has 0 aliphatic carbocycles. The topological polar surface area (TPSA) is 29.5 Å². The summed E-state index contributed by atoms with van der Waals surface area (Å²) in [6.07, 6.45) is 0.772. The average Bonchev–Trinajstić information content (AvgIpc) is 2.60. The number of benzene rings is 1. The third-order valence-electron chi connectivity index (χ3n) is 2.67. The molecule has 5 heteroatoms. The second-order valence-corrected chi connectivity index (χ2v) is 4.32. The number of carbonyl (C=O) groups excluding carboxylic acids is 1. The van der Waals surface area contributed by atoms with Crippen molar-refractivity contribution < 1.29 is 13.9 Å². The van der Waals surface area contributed by atoms with Gasteiger partial charge in [-0.25, -0.2) is 4.39 Å². The van der Waals surface area contributed by atoms with Gasteiger partial charge in [-0.1, -0.05) is 11.6 Å². The van der Waals surface area contributed by atoms with E-state index in [0.717, 1.165) is 6.42 Å². The molecule has 0 spiro atoms. The zero-order valence-corrected chi connectivity index (χ0v) is 10.0. The molecule has 1 fully saturated rings. The highest BCUT2D eigenvalue weighted by atomic mass is 35.5. The Morgan fingerprint density at radius 3 is 3.00 bits per heavy atom. The maximum atomic E-state index is 13.5. The molecule has 92 valence electrons. The molecule has 3 nitrogen and oxygen atoms in total. The van der Waals surface area contributed by atoms with Gasteiger partial charge in [-0.2, -0.15) is 0 Å². The lowest BCUT2D eigenvalue weighted by molar-refractivity contribution is 0.0736. The predicted molar refractivity (Wildman–Crippen MR) is 62.7 cm³/mol. The van der Waals surface area contributed by atoms with Crippen molar-refractivity contribution in [1.29, 1.82) is 0 Å². The first-order valence-electron chi connectivity index (χ1n) is 5.50. The van der Waals surface area contributed by atoms with Gasteiger partial charge in [-0.05, 0) is 24.6 Å². The largest absolute Gasteiger partial charge is 0.380 e. The Morgan fingerprint density at radius 2 is 2.18 bits per heavy atom. The van der Waals surface area contributed by atoms with Crippen molar-refractivity contribution in [3.05, 3.63) is 34.6 Å². The summed E-state index contributed by atoms with van der Waals surface area (Å²) in [5, 5.41) is 0.362. The Kier molecular flexibility index (Phi) is 3.97. The van der Waals surface area contributed by atoms with Gasteiger partial charge in [0.15, 0.2) is 0 Å². The van der Waals surface area contributed by atoms with Gasteiger partial charge in [0.05, 0.1) is 12.2 Å². The van der Waals surface area contributed by atoms with Crippen molar-refractivity contribution in [1.82, 2.24) is 4.90 Å². The first-order valence-corrected chi connectivity index (χ1v) is 5.88. The van der Waals surface area contributed by atoms with Crippen LogP contribution >= 0.6 is 11.6 Å². The minimum atomic E-state index is -0.537. The molecule has 1 aliphatic heterocycles. The van der Waals surface area contributed by atoms with E-state index in [0.29, 0.717) is 31.3 Å². The molecule has 1 aromatic carbocycles. The SMILES string of the molecule is O=C(c1cc(Cl)ccc1F)N1CCCOCC1. The van der Waals surface area contributed by atoms with E-state index in [4.69, 9.17) is 16.3 Å². The summed E-state index contributed by atoms with van der Waals surface area (Å²) in [6, 6.07) is 4.01. The molecule has 0 atom stereocenters.